The first-order valence-electron chi connectivity index (χ1n) is 5.80. The molecule has 0 aromatic carbocycles. The fourth-order valence-corrected chi connectivity index (χ4v) is 2.20. The number of ether oxygens (including phenoxy) is 2. The van der Waals surface area contributed by atoms with E-state index in [2.05, 4.69) is 45.1 Å². The topological polar surface area (TPSA) is 56.3 Å². The van der Waals surface area contributed by atoms with Crippen molar-refractivity contribution in [1.29, 1.82) is 0 Å². The summed E-state index contributed by atoms with van der Waals surface area (Å²) in [5, 5.41) is 3.04. The summed E-state index contributed by atoms with van der Waals surface area (Å²) in [4.78, 5) is 8.99. The molecule has 1 aromatic heterocycles. The molecule has 0 radical (unpaired) electrons. The van der Waals surface area contributed by atoms with Crippen LogP contribution >= 0.6 is 15.9 Å². The van der Waals surface area contributed by atoms with Crippen LogP contribution in [-0.4, -0.2) is 31.2 Å². The highest BCUT2D eigenvalue weighted by Crippen LogP contribution is 2.29. The average Bonchev–Trinajstić information content (AvgIpc) is 2.33. The van der Waals surface area contributed by atoms with Crippen molar-refractivity contribution in [2.24, 2.45) is 5.92 Å². The third-order valence-electron chi connectivity index (χ3n) is 2.57. The van der Waals surface area contributed by atoms with Gasteiger partial charge in [-0.15, -0.1) is 0 Å². The Morgan fingerprint density at radius 1 is 1.28 bits per heavy atom. The quantitative estimate of drug-likeness (QED) is 0.874. The lowest BCUT2D eigenvalue weighted by molar-refractivity contribution is 0.0569. The Morgan fingerprint density at radius 2 is 1.94 bits per heavy atom. The van der Waals surface area contributed by atoms with Crippen LogP contribution in [0.25, 0.3) is 0 Å². The molecule has 1 N–H and O–H groups in total. The number of halogens is 1. The van der Waals surface area contributed by atoms with Gasteiger partial charge >= 0.3 is 0 Å². The van der Waals surface area contributed by atoms with Gasteiger partial charge in [0.15, 0.2) is 5.82 Å². The zero-order chi connectivity index (χ0) is 13.7. The van der Waals surface area contributed by atoms with Crippen molar-refractivity contribution in [3.05, 3.63) is 16.0 Å². The number of nitrogens with one attached hydrogen (secondary N) is 1. The Bertz CT molecular complexity index is 399. The molecule has 1 rings (SSSR count). The minimum Gasteiger partial charge on any atom is -0.378 e. The van der Waals surface area contributed by atoms with Crippen LogP contribution in [0.4, 0.5) is 5.82 Å². The fourth-order valence-electron chi connectivity index (χ4n) is 1.71. The second-order valence-electron chi connectivity index (χ2n) is 4.27. The van der Waals surface area contributed by atoms with Gasteiger partial charge in [-0.2, -0.15) is 0 Å². The van der Waals surface area contributed by atoms with Gasteiger partial charge in [-0.1, -0.05) is 13.8 Å². The molecule has 5 nitrogen and oxygen atoms in total. The number of methoxy groups -OCH3 is 2. The Hall–Kier alpha value is -0.720. The van der Waals surface area contributed by atoms with Crippen molar-refractivity contribution < 1.29 is 9.47 Å². The van der Waals surface area contributed by atoms with Gasteiger partial charge < -0.3 is 14.8 Å². The van der Waals surface area contributed by atoms with Crippen LogP contribution in [0.3, 0.4) is 0 Å². The second kappa shape index (κ2) is 7.01. The van der Waals surface area contributed by atoms with Gasteiger partial charge in [0, 0.05) is 21.3 Å². The summed E-state index contributed by atoms with van der Waals surface area (Å²) in [5.74, 6) is 1.72. The highest BCUT2D eigenvalue weighted by Gasteiger charge is 2.21. The smallest absolute Gasteiger partial charge is 0.160 e. The molecule has 0 saturated heterocycles. The van der Waals surface area contributed by atoms with Crippen LogP contribution in [0.5, 0.6) is 0 Å². The van der Waals surface area contributed by atoms with Gasteiger partial charge in [0.25, 0.3) is 0 Å². The first-order chi connectivity index (χ1) is 8.54. The maximum absolute atomic E-state index is 5.46. The van der Waals surface area contributed by atoms with Gasteiger partial charge in [-0.05, 0) is 21.8 Å². The standard InChI is InChI=1S/C12H20BrN3O2/c1-7(2)10(18-5)12-15-8(6-17-4)9(13)11(14-3)16-12/h7,10H,6H2,1-5H3,(H,14,15,16). The summed E-state index contributed by atoms with van der Waals surface area (Å²) in [5.41, 5.74) is 0.814. The molecule has 1 unspecified atom stereocenters. The molecule has 0 spiro atoms. The lowest BCUT2D eigenvalue weighted by Crippen LogP contribution is -2.16. The van der Waals surface area contributed by atoms with E-state index < -0.39 is 0 Å². The summed E-state index contributed by atoms with van der Waals surface area (Å²) in [6, 6.07) is 0. The van der Waals surface area contributed by atoms with Crippen molar-refractivity contribution in [2.45, 2.75) is 26.6 Å². The van der Waals surface area contributed by atoms with Crippen LogP contribution in [0.1, 0.15) is 31.5 Å². The number of hydrogen-bond acceptors (Lipinski definition) is 5. The van der Waals surface area contributed by atoms with E-state index in [4.69, 9.17) is 9.47 Å². The third kappa shape index (κ3) is 3.40. The average molecular weight is 318 g/mol. The van der Waals surface area contributed by atoms with Crippen LogP contribution < -0.4 is 5.32 Å². The first kappa shape index (κ1) is 15.3. The minimum absolute atomic E-state index is 0.124. The zero-order valence-corrected chi connectivity index (χ0v) is 13.0. The summed E-state index contributed by atoms with van der Waals surface area (Å²) >= 11 is 3.48. The summed E-state index contributed by atoms with van der Waals surface area (Å²) in [6.45, 7) is 4.59. The predicted octanol–water partition coefficient (Wildman–Crippen LogP) is 2.77. The fraction of sp³-hybridized carbons (Fsp3) is 0.667. The first-order valence-corrected chi connectivity index (χ1v) is 6.60. The Balaban J connectivity index is 3.23. The van der Waals surface area contributed by atoms with Gasteiger partial charge in [0.05, 0.1) is 16.8 Å². The molecule has 0 aliphatic rings. The Kier molecular flexibility index (Phi) is 5.98. The molecule has 18 heavy (non-hydrogen) atoms. The van der Waals surface area contributed by atoms with Crippen LogP contribution in [0.15, 0.2) is 4.47 Å². The van der Waals surface area contributed by atoms with Crippen LogP contribution in [-0.2, 0) is 16.1 Å². The van der Waals surface area contributed by atoms with Crippen molar-refractivity contribution >= 4 is 21.7 Å². The molecule has 1 aromatic rings. The van der Waals surface area contributed by atoms with Gasteiger partial charge in [-0.25, -0.2) is 9.97 Å². The maximum Gasteiger partial charge on any atom is 0.160 e. The Morgan fingerprint density at radius 3 is 2.39 bits per heavy atom. The van der Waals surface area contributed by atoms with Gasteiger partial charge in [0.1, 0.15) is 11.9 Å². The van der Waals surface area contributed by atoms with Crippen LogP contribution in [0, 0.1) is 5.92 Å². The predicted molar refractivity (Wildman–Crippen MR) is 74.6 cm³/mol. The molecule has 0 saturated carbocycles. The van der Waals surface area contributed by atoms with E-state index in [-0.39, 0.29) is 6.10 Å². The highest BCUT2D eigenvalue weighted by atomic mass is 79.9. The molecule has 0 aliphatic heterocycles. The van der Waals surface area contributed by atoms with Crippen molar-refractivity contribution in [2.75, 3.05) is 26.6 Å². The number of aromatic nitrogens is 2. The molecular formula is C12H20BrN3O2. The van der Waals surface area contributed by atoms with E-state index in [9.17, 15) is 0 Å². The largest absolute Gasteiger partial charge is 0.378 e. The van der Waals surface area contributed by atoms with Crippen molar-refractivity contribution in [3.8, 4) is 0 Å². The molecule has 1 heterocycles. The summed E-state index contributed by atoms with van der Waals surface area (Å²) in [6.07, 6.45) is -0.124. The molecule has 6 heteroatoms. The van der Waals surface area contributed by atoms with E-state index in [1.165, 1.54) is 0 Å². The molecule has 0 fully saturated rings. The highest BCUT2D eigenvalue weighted by molar-refractivity contribution is 9.10. The molecule has 102 valence electrons. The van der Waals surface area contributed by atoms with E-state index in [1.807, 2.05) is 7.05 Å². The maximum atomic E-state index is 5.46. The van der Waals surface area contributed by atoms with Crippen LogP contribution in [0.2, 0.25) is 0 Å². The molecule has 1 atom stereocenters. The van der Waals surface area contributed by atoms with E-state index >= 15 is 0 Å². The van der Waals surface area contributed by atoms with Crippen molar-refractivity contribution in [3.63, 3.8) is 0 Å². The third-order valence-corrected chi connectivity index (χ3v) is 3.40. The monoisotopic (exact) mass is 317 g/mol. The van der Waals surface area contributed by atoms with Gasteiger partial charge in [0.2, 0.25) is 0 Å². The lowest BCUT2D eigenvalue weighted by Gasteiger charge is -2.20. The summed E-state index contributed by atoms with van der Waals surface area (Å²) in [7, 11) is 5.14. The number of anilines is 1. The molecular weight excluding hydrogens is 298 g/mol. The second-order valence-corrected chi connectivity index (χ2v) is 5.07. The molecule has 0 amide bonds. The van der Waals surface area contributed by atoms with Crippen molar-refractivity contribution in [1.82, 2.24) is 9.97 Å². The van der Waals surface area contributed by atoms with E-state index in [1.54, 1.807) is 14.2 Å². The normalized spacial score (nSPS) is 12.8. The molecule has 0 aliphatic carbocycles. The van der Waals surface area contributed by atoms with E-state index in [0.717, 1.165) is 16.0 Å². The molecule has 0 bridgehead atoms. The zero-order valence-electron chi connectivity index (χ0n) is 11.5. The number of hydrogen-bond donors (Lipinski definition) is 1. The SMILES string of the molecule is CNc1nc(C(OC)C(C)C)nc(COC)c1Br. The lowest BCUT2D eigenvalue weighted by atomic mass is 10.1. The minimum atomic E-state index is -0.124. The van der Waals surface area contributed by atoms with Gasteiger partial charge in [-0.3, -0.25) is 0 Å². The number of rotatable bonds is 6. The van der Waals surface area contributed by atoms with E-state index in [0.29, 0.717) is 18.3 Å². The summed E-state index contributed by atoms with van der Waals surface area (Å²) < 4.78 is 11.4. The Labute approximate surface area is 116 Å². The number of nitrogens with zero attached hydrogens (tertiary/aromatic N) is 2.